The highest BCUT2D eigenvalue weighted by Crippen LogP contribution is 2.30. The minimum Gasteiger partial charge on any atom is -0.357 e. The van der Waals surface area contributed by atoms with Gasteiger partial charge in [0, 0.05) is 25.5 Å². The fourth-order valence-corrected chi connectivity index (χ4v) is 2.08. The minimum atomic E-state index is -4.51. The molecule has 20 heavy (non-hydrogen) atoms. The molecule has 5 nitrogen and oxygen atoms in total. The Morgan fingerprint density at radius 3 is 2.65 bits per heavy atom. The summed E-state index contributed by atoms with van der Waals surface area (Å²) < 4.78 is 38.3. The number of nitrogens with zero attached hydrogens (tertiary/aromatic N) is 4. The second kappa shape index (κ2) is 5.61. The molecule has 9 heteroatoms. The summed E-state index contributed by atoms with van der Waals surface area (Å²) in [7, 11) is 3.13. The van der Waals surface area contributed by atoms with E-state index in [1.807, 2.05) is 5.38 Å². The largest absolute Gasteiger partial charge is 0.433 e. The Bertz CT molecular complexity index is 570. The Labute approximate surface area is 117 Å². The van der Waals surface area contributed by atoms with E-state index in [1.165, 1.54) is 18.4 Å². The molecule has 2 heterocycles. The van der Waals surface area contributed by atoms with Crippen molar-refractivity contribution in [1.82, 2.24) is 15.0 Å². The lowest BCUT2D eigenvalue weighted by molar-refractivity contribution is -0.141. The van der Waals surface area contributed by atoms with Crippen LogP contribution in [0.3, 0.4) is 0 Å². The van der Waals surface area contributed by atoms with Gasteiger partial charge >= 0.3 is 6.18 Å². The number of aromatic nitrogens is 3. The fourth-order valence-electron chi connectivity index (χ4n) is 1.53. The zero-order valence-electron chi connectivity index (χ0n) is 10.8. The van der Waals surface area contributed by atoms with Crippen molar-refractivity contribution in [3.8, 4) is 0 Å². The van der Waals surface area contributed by atoms with Gasteiger partial charge in [-0.1, -0.05) is 0 Å². The van der Waals surface area contributed by atoms with E-state index in [0.717, 1.165) is 11.8 Å². The number of rotatable bonds is 4. The van der Waals surface area contributed by atoms with Gasteiger partial charge in [0.15, 0.2) is 5.69 Å². The third kappa shape index (κ3) is 3.35. The zero-order valence-corrected chi connectivity index (χ0v) is 11.6. The van der Waals surface area contributed by atoms with Crippen molar-refractivity contribution in [3.05, 3.63) is 28.3 Å². The van der Waals surface area contributed by atoms with Crippen LogP contribution in [0.15, 0.2) is 17.0 Å². The highest BCUT2D eigenvalue weighted by atomic mass is 32.1. The lowest BCUT2D eigenvalue weighted by atomic mass is 10.3. The maximum absolute atomic E-state index is 12.8. The summed E-state index contributed by atoms with van der Waals surface area (Å²) in [5.41, 5.74) is 1.47. The molecule has 0 atom stereocenters. The van der Waals surface area contributed by atoms with Crippen LogP contribution in [0.5, 0.6) is 0 Å². The van der Waals surface area contributed by atoms with Crippen molar-refractivity contribution in [1.29, 1.82) is 0 Å². The van der Waals surface area contributed by atoms with Gasteiger partial charge in [0.2, 0.25) is 5.95 Å². The van der Waals surface area contributed by atoms with E-state index in [2.05, 4.69) is 20.3 Å². The molecule has 2 aromatic rings. The van der Waals surface area contributed by atoms with Crippen LogP contribution in [0.2, 0.25) is 0 Å². The number of halogens is 3. The van der Waals surface area contributed by atoms with Crippen molar-refractivity contribution in [2.24, 2.45) is 0 Å². The molecule has 0 spiro atoms. The van der Waals surface area contributed by atoms with Crippen molar-refractivity contribution in [3.63, 3.8) is 0 Å². The molecular weight excluding hydrogens is 291 g/mol. The predicted molar refractivity (Wildman–Crippen MR) is 70.8 cm³/mol. The van der Waals surface area contributed by atoms with E-state index in [-0.39, 0.29) is 11.8 Å². The number of hydrogen-bond acceptors (Lipinski definition) is 6. The molecular formula is C11H12F3N5S. The summed E-state index contributed by atoms with van der Waals surface area (Å²) in [6, 6.07) is 0.924. The van der Waals surface area contributed by atoms with Gasteiger partial charge in [0.05, 0.1) is 17.7 Å². The number of nitrogens with one attached hydrogen (secondary N) is 1. The molecule has 2 aromatic heterocycles. The standard InChI is InChI=1S/C11H12F3N5S/c1-15-10-17-8(11(12,13)14)3-9(18-10)19(2)4-7-5-20-6-16-7/h3,5-6H,4H2,1-2H3,(H,15,17,18). The SMILES string of the molecule is CNc1nc(N(C)Cc2cscn2)cc(C(F)(F)F)n1. The van der Waals surface area contributed by atoms with E-state index in [4.69, 9.17) is 0 Å². The molecule has 0 unspecified atom stereocenters. The number of thiazole rings is 1. The van der Waals surface area contributed by atoms with Crippen molar-refractivity contribution in [2.75, 3.05) is 24.3 Å². The van der Waals surface area contributed by atoms with E-state index in [0.29, 0.717) is 6.54 Å². The summed E-state index contributed by atoms with van der Waals surface area (Å²) >= 11 is 1.43. The van der Waals surface area contributed by atoms with Crippen LogP contribution in [0.4, 0.5) is 24.9 Å². The van der Waals surface area contributed by atoms with Crippen LogP contribution in [-0.2, 0) is 12.7 Å². The maximum Gasteiger partial charge on any atom is 0.433 e. The van der Waals surface area contributed by atoms with Gasteiger partial charge in [-0.15, -0.1) is 11.3 Å². The van der Waals surface area contributed by atoms with Gasteiger partial charge in [-0.25, -0.2) is 9.97 Å². The molecule has 0 fully saturated rings. The van der Waals surface area contributed by atoms with Crippen LogP contribution in [0.1, 0.15) is 11.4 Å². The van der Waals surface area contributed by atoms with Gasteiger partial charge in [-0.05, 0) is 0 Å². The average Bonchev–Trinajstić information content (AvgIpc) is 2.90. The average molecular weight is 303 g/mol. The van der Waals surface area contributed by atoms with Crippen molar-refractivity contribution < 1.29 is 13.2 Å². The first-order valence-corrected chi connectivity index (χ1v) is 6.56. The molecule has 0 saturated carbocycles. The fraction of sp³-hybridized carbons (Fsp3) is 0.364. The smallest absolute Gasteiger partial charge is 0.357 e. The molecule has 2 rings (SSSR count). The molecule has 0 amide bonds. The summed E-state index contributed by atoms with van der Waals surface area (Å²) in [5, 5.41) is 4.37. The third-order valence-corrected chi connectivity index (χ3v) is 3.14. The molecule has 0 aliphatic rings. The predicted octanol–water partition coefficient (Wildman–Crippen LogP) is 2.63. The topological polar surface area (TPSA) is 53.9 Å². The minimum absolute atomic E-state index is 0.0695. The van der Waals surface area contributed by atoms with Gasteiger partial charge in [0.25, 0.3) is 0 Å². The van der Waals surface area contributed by atoms with Gasteiger partial charge < -0.3 is 10.2 Å². The number of hydrogen-bond donors (Lipinski definition) is 1. The van der Waals surface area contributed by atoms with E-state index < -0.39 is 11.9 Å². The van der Waals surface area contributed by atoms with Gasteiger partial charge in [-0.3, -0.25) is 0 Å². The summed E-state index contributed by atoms with van der Waals surface area (Å²) in [6.07, 6.45) is -4.51. The summed E-state index contributed by atoms with van der Waals surface area (Å²) in [6.45, 7) is 0.376. The normalized spacial score (nSPS) is 11.4. The molecule has 0 bridgehead atoms. The molecule has 0 aliphatic heterocycles. The lowest BCUT2D eigenvalue weighted by Crippen LogP contribution is -2.20. The first-order chi connectivity index (χ1) is 9.40. The van der Waals surface area contributed by atoms with Crippen molar-refractivity contribution >= 4 is 23.1 Å². The number of alkyl halides is 3. The Morgan fingerprint density at radius 1 is 1.35 bits per heavy atom. The zero-order chi connectivity index (χ0) is 14.8. The highest BCUT2D eigenvalue weighted by Gasteiger charge is 2.34. The maximum atomic E-state index is 12.8. The van der Waals surface area contributed by atoms with E-state index in [1.54, 1.807) is 17.5 Å². The summed E-state index contributed by atoms with van der Waals surface area (Å²) in [5.74, 6) is 0.115. The highest BCUT2D eigenvalue weighted by molar-refractivity contribution is 7.07. The molecule has 0 saturated heterocycles. The Morgan fingerprint density at radius 2 is 2.10 bits per heavy atom. The summed E-state index contributed by atoms with van der Waals surface area (Å²) in [4.78, 5) is 13.1. The van der Waals surface area contributed by atoms with Crippen LogP contribution in [-0.4, -0.2) is 29.0 Å². The van der Waals surface area contributed by atoms with E-state index >= 15 is 0 Å². The Balaban J connectivity index is 2.30. The number of anilines is 2. The van der Waals surface area contributed by atoms with Gasteiger partial charge in [-0.2, -0.15) is 18.2 Å². The quantitative estimate of drug-likeness (QED) is 0.941. The molecule has 108 valence electrons. The monoisotopic (exact) mass is 303 g/mol. The lowest BCUT2D eigenvalue weighted by Gasteiger charge is -2.19. The molecule has 1 N–H and O–H groups in total. The Hall–Kier alpha value is -1.90. The van der Waals surface area contributed by atoms with Gasteiger partial charge in [0.1, 0.15) is 5.82 Å². The van der Waals surface area contributed by atoms with Crippen LogP contribution >= 0.6 is 11.3 Å². The second-order valence-electron chi connectivity index (χ2n) is 4.02. The van der Waals surface area contributed by atoms with Crippen molar-refractivity contribution in [2.45, 2.75) is 12.7 Å². The third-order valence-electron chi connectivity index (χ3n) is 2.50. The Kier molecular flexibility index (Phi) is 4.07. The van der Waals surface area contributed by atoms with E-state index in [9.17, 15) is 13.2 Å². The first kappa shape index (κ1) is 14.5. The first-order valence-electron chi connectivity index (χ1n) is 5.62. The van der Waals surface area contributed by atoms with Crippen LogP contribution in [0.25, 0.3) is 0 Å². The van der Waals surface area contributed by atoms with Crippen LogP contribution in [0, 0.1) is 0 Å². The molecule has 0 radical (unpaired) electrons. The molecule has 0 aliphatic carbocycles. The molecule has 0 aromatic carbocycles. The second-order valence-corrected chi connectivity index (χ2v) is 4.74. The van der Waals surface area contributed by atoms with Crippen LogP contribution < -0.4 is 10.2 Å².